The Balaban J connectivity index is 2.10. The van der Waals surface area contributed by atoms with Crippen LogP contribution in [0.5, 0.6) is 0 Å². The first-order valence-corrected chi connectivity index (χ1v) is 5.65. The second-order valence-electron chi connectivity index (χ2n) is 5.93. The number of rotatable bonds is 1. The summed E-state index contributed by atoms with van der Waals surface area (Å²) in [6, 6.07) is 0. The number of aliphatic hydroxyl groups is 1. The minimum Gasteiger partial charge on any atom is -0.459 e. The van der Waals surface area contributed by atoms with E-state index in [0.29, 0.717) is 17.3 Å². The summed E-state index contributed by atoms with van der Waals surface area (Å²) in [7, 11) is 0. The summed E-state index contributed by atoms with van der Waals surface area (Å²) in [6.07, 6.45) is 1.24. The van der Waals surface area contributed by atoms with Crippen molar-refractivity contribution in [3.05, 3.63) is 0 Å². The SMILES string of the molecule is CC(=O)O[C@H]1C[C@@H]2[C@H](C[C@]1(C)O)C2(C)C. The van der Waals surface area contributed by atoms with E-state index in [-0.39, 0.29) is 12.1 Å². The van der Waals surface area contributed by atoms with Gasteiger partial charge < -0.3 is 9.84 Å². The van der Waals surface area contributed by atoms with E-state index in [4.69, 9.17) is 4.74 Å². The third kappa shape index (κ3) is 1.67. The second kappa shape index (κ2) is 2.97. The van der Waals surface area contributed by atoms with Crippen molar-refractivity contribution in [3.8, 4) is 0 Å². The molecule has 0 amide bonds. The van der Waals surface area contributed by atoms with Gasteiger partial charge in [-0.25, -0.2) is 0 Å². The van der Waals surface area contributed by atoms with Gasteiger partial charge in [0.1, 0.15) is 6.10 Å². The molecule has 0 aliphatic heterocycles. The predicted octanol–water partition coefficient (Wildman–Crippen LogP) is 1.74. The third-order valence-corrected chi connectivity index (χ3v) is 4.39. The molecule has 2 rings (SSSR count). The zero-order valence-corrected chi connectivity index (χ0v) is 9.91. The fourth-order valence-corrected chi connectivity index (χ4v) is 3.17. The molecule has 0 unspecified atom stereocenters. The first-order chi connectivity index (χ1) is 6.75. The molecule has 0 heterocycles. The van der Waals surface area contributed by atoms with Gasteiger partial charge in [0.15, 0.2) is 0 Å². The van der Waals surface area contributed by atoms with Crippen LogP contribution in [0.15, 0.2) is 0 Å². The normalized spacial score (nSPS) is 46.9. The molecular weight excluding hydrogens is 192 g/mol. The zero-order chi connectivity index (χ0) is 11.4. The summed E-state index contributed by atoms with van der Waals surface area (Å²) in [4.78, 5) is 10.9. The van der Waals surface area contributed by atoms with Crippen molar-refractivity contribution in [1.29, 1.82) is 0 Å². The minimum atomic E-state index is -0.847. The maximum absolute atomic E-state index is 10.9. The van der Waals surface area contributed by atoms with Crippen molar-refractivity contribution in [1.82, 2.24) is 0 Å². The first-order valence-electron chi connectivity index (χ1n) is 5.65. The molecule has 2 aliphatic carbocycles. The van der Waals surface area contributed by atoms with Crippen LogP contribution in [0.2, 0.25) is 0 Å². The van der Waals surface area contributed by atoms with Crippen LogP contribution in [0.4, 0.5) is 0 Å². The van der Waals surface area contributed by atoms with E-state index in [1.54, 1.807) is 6.92 Å². The Morgan fingerprint density at radius 1 is 1.33 bits per heavy atom. The van der Waals surface area contributed by atoms with E-state index in [9.17, 15) is 9.90 Å². The van der Waals surface area contributed by atoms with Crippen LogP contribution in [0.1, 0.15) is 40.5 Å². The Bertz CT molecular complexity index is 293. The van der Waals surface area contributed by atoms with Crippen molar-refractivity contribution in [2.45, 2.75) is 52.2 Å². The van der Waals surface area contributed by atoms with Crippen LogP contribution in [-0.2, 0) is 9.53 Å². The smallest absolute Gasteiger partial charge is 0.303 e. The van der Waals surface area contributed by atoms with E-state index in [1.165, 1.54) is 6.92 Å². The van der Waals surface area contributed by atoms with Crippen LogP contribution < -0.4 is 0 Å². The predicted molar refractivity (Wildman–Crippen MR) is 56.2 cm³/mol. The summed E-state index contributed by atoms with van der Waals surface area (Å²) >= 11 is 0. The van der Waals surface area contributed by atoms with E-state index >= 15 is 0 Å². The average molecular weight is 212 g/mol. The lowest BCUT2D eigenvalue weighted by atomic mass is 9.84. The highest BCUT2D eigenvalue weighted by atomic mass is 16.6. The molecule has 0 aromatic rings. The van der Waals surface area contributed by atoms with E-state index in [1.807, 2.05) is 0 Å². The number of esters is 1. The number of carbonyl (C=O) groups excluding carboxylic acids is 1. The first kappa shape index (κ1) is 10.9. The molecule has 0 aromatic carbocycles. The molecule has 0 spiro atoms. The minimum absolute atomic E-state index is 0.294. The summed E-state index contributed by atoms with van der Waals surface area (Å²) in [5.41, 5.74) is -0.528. The summed E-state index contributed by atoms with van der Waals surface area (Å²) in [6.45, 7) is 7.65. The Morgan fingerprint density at radius 2 is 1.93 bits per heavy atom. The van der Waals surface area contributed by atoms with E-state index < -0.39 is 5.60 Å². The molecule has 2 saturated carbocycles. The van der Waals surface area contributed by atoms with Gasteiger partial charge in [-0.1, -0.05) is 13.8 Å². The molecule has 3 nitrogen and oxygen atoms in total. The van der Waals surface area contributed by atoms with Crippen LogP contribution in [0.25, 0.3) is 0 Å². The van der Waals surface area contributed by atoms with E-state index in [0.717, 1.165) is 12.8 Å². The van der Waals surface area contributed by atoms with Gasteiger partial charge in [0, 0.05) is 6.92 Å². The highest BCUT2D eigenvalue weighted by Crippen LogP contribution is 2.66. The van der Waals surface area contributed by atoms with E-state index in [2.05, 4.69) is 13.8 Å². The fraction of sp³-hybridized carbons (Fsp3) is 0.917. The average Bonchev–Trinajstić information content (AvgIpc) is 2.52. The van der Waals surface area contributed by atoms with Gasteiger partial charge in [0.25, 0.3) is 0 Å². The lowest BCUT2D eigenvalue weighted by Gasteiger charge is -2.35. The molecule has 4 atom stereocenters. The molecule has 2 fully saturated rings. The van der Waals surface area contributed by atoms with Crippen molar-refractivity contribution in [2.75, 3.05) is 0 Å². The molecule has 3 heteroatoms. The molecule has 15 heavy (non-hydrogen) atoms. The van der Waals surface area contributed by atoms with Crippen molar-refractivity contribution in [2.24, 2.45) is 17.3 Å². The lowest BCUT2D eigenvalue weighted by molar-refractivity contribution is -0.166. The molecule has 0 bridgehead atoms. The van der Waals surface area contributed by atoms with Gasteiger partial charge in [-0.15, -0.1) is 0 Å². The van der Waals surface area contributed by atoms with Crippen LogP contribution in [0.3, 0.4) is 0 Å². The number of ether oxygens (including phenoxy) is 1. The molecule has 86 valence electrons. The summed E-state index contributed by atoms with van der Waals surface area (Å²) < 4.78 is 5.21. The van der Waals surface area contributed by atoms with Crippen LogP contribution >= 0.6 is 0 Å². The number of fused-ring (bicyclic) bond motifs is 1. The monoisotopic (exact) mass is 212 g/mol. The van der Waals surface area contributed by atoms with Crippen LogP contribution in [-0.4, -0.2) is 22.8 Å². The van der Waals surface area contributed by atoms with Crippen molar-refractivity contribution >= 4 is 5.97 Å². The van der Waals surface area contributed by atoms with Crippen molar-refractivity contribution < 1.29 is 14.6 Å². The third-order valence-electron chi connectivity index (χ3n) is 4.39. The van der Waals surface area contributed by atoms with Gasteiger partial charge in [-0.3, -0.25) is 4.79 Å². The Labute approximate surface area is 90.8 Å². The highest BCUT2D eigenvalue weighted by molar-refractivity contribution is 5.66. The van der Waals surface area contributed by atoms with Gasteiger partial charge >= 0.3 is 5.97 Å². The number of hydrogen-bond donors (Lipinski definition) is 1. The zero-order valence-electron chi connectivity index (χ0n) is 9.91. The maximum atomic E-state index is 10.9. The molecule has 0 saturated heterocycles. The standard InChI is InChI=1S/C12H20O3/c1-7(13)15-10-5-8-9(11(8,2)3)6-12(10,4)14/h8-10,14H,5-6H2,1-4H3/t8-,9+,10+,12+/m1/s1. The molecule has 2 aliphatic rings. The second-order valence-corrected chi connectivity index (χ2v) is 5.93. The fourth-order valence-electron chi connectivity index (χ4n) is 3.17. The summed E-state index contributed by atoms with van der Waals surface area (Å²) in [5.74, 6) is 0.915. The Kier molecular flexibility index (Phi) is 2.16. The quantitative estimate of drug-likeness (QED) is 0.673. The molecule has 0 aromatic heterocycles. The Hall–Kier alpha value is -0.570. The lowest BCUT2D eigenvalue weighted by Crippen LogP contribution is -2.45. The highest BCUT2D eigenvalue weighted by Gasteiger charge is 2.64. The van der Waals surface area contributed by atoms with Gasteiger partial charge in [0.2, 0.25) is 0 Å². The number of hydrogen-bond acceptors (Lipinski definition) is 3. The Morgan fingerprint density at radius 3 is 2.47 bits per heavy atom. The van der Waals surface area contributed by atoms with Gasteiger partial charge in [-0.05, 0) is 37.0 Å². The number of carbonyl (C=O) groups is 1. The maximum Gasteiger partial charge on any atom is 0.303 e. The molecule has 0 radical (unpaired) electrons. The van der Waals surface area contributed by atoms with Crippen molar-refractivity contribution in [3.63, 3.8) is 0 Å². The van der Waals surface area contributed by atoms with Gasteiger partial charge in [0.05, 0.1) is 5.60 Å². The molecule has 1 N–H and O–H groups in total. The topological polar surface area (TPSA) is 46.5 Å². The largest absolute Gasteiger partial charge is 0.459 e. The van der Waals surface area contributed by atoms with Gasteiger partial charge in [-0.2, -0.15) is 0 Å². The van der Waals surface area contributed by atoms with Crippen LogP contribution in [0, 0.1) is 17.3 Å². The summed E-state index contributed by atoms with van der Waals surface area (Å²) in [5, 5.41) is 10.2. The molecular formula is C12H20O3.